The van der Waals surface area contributed by atoms with Crippen LogP contribution in [0.2, 0.25) is 5.02 Å². The van der Waals surface area contributed by atoms with Gasteiger partial charge < -0.3 is 9.88 Å². The van der Waals surface area contributed by atoms with Crippen LogP contribution in [-0.2, 0) is 0 Å². The fraction of sp³-hybridized carbons (Fsp3) is 0.174. The Bertz CT molecular complexity index is 1350. The topological polar surface area (TPSA) is 66.8 Å². The number of alkyl halides is 1. The Morgan fingerprint density at radius 2 is 1.84 bits per heavy atom. The largest absolute Gasteiger partial charge is 0.338 e. The fourth-order valence-corrected chi connectivity index (χ4v) is 4.99. The minimum Gasteiger partial charge on any atom is -0.338 e. The molecule has 0 unspecified atom stereocenters. The highest BCUT2D eigenvalue weighted by Crippen LogP contribution is 2.42. The molecule has 0 aliphatic carbocycles. The predicted molar refractivity (Wildman–Crippen MR) is 132 cm³/mol. The van der Waals surface area contributed by atoms with Crippen LogP contribution in [0.5, 0.6) is 0 Å². The minimum atomic E-state index is -0.101. The van der Waals surface area contributed by atoms with Crippen LogP contribution in [0.4, 0.5) is 11.4 Å². The number of nitrogens with one attached hydrogen (secondary N) is 1. The number of anilines is 2. The first-order valence-corrected chi connectivity index (χ1v) is 11.5. The molecule has 5 rings (SSSR count). The molecule has 1 atom stereocenters. The smallest absolute Gasteiger partial charge is 0.248 e. The molecule has 1 aliphatic heterocycles. The molecule has 8 heteroatoms. The van der Waals surface area contributed by atoms with Crippen molar-refractivity contribution >= 4 is 45.6 Å². The molecule has 156 valence electrons. The van der Waals surface area contributed by atoms with Gasteiger partial charge in [-0.3, -0.25) is 9.36 Å². The van der Waals surface area contributed by atoms with Crippen molar-refractivity contribution in [3.05, 3.63) is 87.3 Å². The summed E-state index contributed by atoms with van der Waals surface area (Å²) >= 11 is 8.58. The Kier molecular flexibility index (Phi) is 5.10. The first kappa shape index (κ1) is 20.3. The van der Waals surface area contributed by atoms with E-state index in [0.717, 1.165) is 51.9 Å². The van der Waals surface area contributed by atoms with Crippen LogP contribution >= 0.6 is 34.2 Å². The standard InChI is InChI=1S/C23H19ClIN5O/c1-13-9-22(31)26-11-18(13)15-3-8-20-21(10-15)29(17-6-4-16(24)5-7-17)12-19(25)23-28-27-14(2)30(20)23/h3-11,19H,12H2,1-2H3,(H,26,31)/t19-/m1/s1. The highest BCUT2D eigenvalue weighted by Gasteiger charge is 2.29. The third-order valence-electron chi connectivity index (χ3n) is 5.56. The maximum atomic E-state index is 11.7. The molecule has 6 nitrogen and oxygen atoms in total. The summed E-state index contributed by atoms with van der Waals surface area (Å²) in [4.78, 5) is 16.8. The molecule has 0 radical (unpaired) electrons. The van der Waals surface area contributed by atoms with Crippen LogP contribution in [0.1, 0.15) is 21.1 Å². The van der Waals surface area contributed by atoms with E-state index in [-0.39, 0.29) is 9.48 Å². The van der Waals surface area contributed by atoms with Gasteiger partial charge in [0.05, 0.1) is 15.3 Å². The van der Waals surface area contributed by atoms with Gasteiger partial charge in [0.1, 0.15) is 5.82 Å². The molecule has 0 saturated heterocycles. The van der Waals surface area contributed by atoms with E-state index >= 15 is 0 Å². The fourth-order valence-electron chi connectivity index (χ4n) is 4.07. The highest BCUT2D eigenvalue weighted by atomic mass is 127. The van der Waals surface area contributed by atoms with Crippen molar-refractivity contribution in [1.82, 2.24) is 19.7 Å². The first-order valence-electron chi connectivity index (χ1n) is 9.85. The van der Waals surface area contributed by atoms with Crippen molar-refractivity contribution in [2.75, 3.05) is 11.4 Å². The molecule has 3 heterocycles. The average Bonchev–Trinajstić information content (AvgIpc) is 3.08. The van der Waals surface area contributed by atoms with Gasteiger partial charge in [-0.15, -0.1) is 10.2 Å². The molecule has 0 fully saturated rings. The van der Waals surface area contributed by atoms with Gasteiger partial charge in [-0.2, -0.15) is 0 Å². The number of benzene rings is 2. The van der Waals surface area contributed by atoms with Crippen molar-refractivity contribution in [1.29, 1.82) is 0 Å². The predicted octanol–water partition coefficient (Wildman–Crippen LogP) is 5.52. The number of nitrogens with zero attached hydrogens (tertiary/aromatic N) is 4. The van der Waals surface area contributed by atoms with E-state index in [0.29, 0.717) is 5.02 Å². The summed E-state index contributed by atoms with van der Waals surface area (Å²) in [5.41, 5.74) is 5.99. The van der Waals surface area contributed by atoms with E-state index < -0.39 is 0 Å². The van der Waals surface area contributed by atoms with Crippen LogP contribution in [0.25, 0.3) is 16.8 Å². The van der Waals surface area contributed by atoms with Crippen LogP contribution in [0.15, 0.2) is 59.5 Å². The number of hydrogen-bond acceptors (Lipinski definition) is 4. The summed E-state index contributed by atoms with van der Waals surface area (Å²) in [7, 11) is 0. The number of fused-ring (bicyclic) bond motifs is 3. The summed E-state index contributed by atoms with van der Waals surface area (Å²) in [6, 6.07) is 15.9. The number of aromatic nitrogens is 4. The molecular formula is C23H19ClIN5O. The van der Waals surface area contributed by atoms with E-state index in [4.69, 9.17) is 11.6 Å². The van der Waals surface area contributed by atoms with E-state index in [1.165, 1.54) is 0 Å². The zero-order valence-corrected chi connectivity index (χ0v) is 19.8. The number of aromatic amines is 1. The van der Waals surface area contributed by atoms with Crippen LogP contribution in [0.3, 0.4) is 0 Å². The van der Waals surface area contributed by atoms with E-state index in [1.807, 2.05) is 38.1 Å². The van der Waals surface area contributed by atoms with Crippen LogP contribution < -0.4 is 10.5 Å². The van der Waals surface area contributed by atoms with E-state index in [1.54, 1.807) is 12.3 Å². The normalized spacial score (nSPS) is 15.4. The van der Waals surface area contributed by atoms with E-state index in [2.05, 4.69) is 65.4 Å². The zero-order valence-electron chi connectivity index (χ0n) is 16.9. The molecular weight excluding hydrogens is 525 g/mol. The SMILES string of the molecule is Cc1cc(=O)[nH]cc1-c1ccc2c(c1)N(c1ccc(Cl)cc1)C[C@@H](I)c1nnc(C)n1-2. The second-order valence-electron chi connectivity index (χ2n) is 7.59. The quantitative estimate of drug-likeness (QED) is 0.267. The van der Waals surface area contributed by atoms with Gasteiger partial charge >= 0.3 is 0 Å². The summed E-state index contributed by atoms with van der Waals surface area (Å²) in [6.45, 7) is 4.67. The van der Waals surface area contributed by atoms with Gasteiger partial charge in [0.15, 0.2) is 5.82 Å². The van der Waals surface area contributed by atoms with E-state index in [9.17, 15) is 4.79 Å². The average molecular weight is 544 g/mol. The van der Waals surface area contributed by atoms with Crippen molar-refractivity contribution < 1.29 is 0 Å². The first-order chi connectivity index (χ1) is 14.9. The number of rotatable bonds is 2. The number of hydrogen-bond donors (Lipinski definition) is 1. The highest BCUT2D eigenvalue weighted by molar-refractivity contribution is 14.1. The lowest BCUT2D eigenvalue weighted by molar-refractivity contribution is 0.842. The zero-order chi connectivity index (χ0) is 21.7. The van der Waals surface area contributed by atoms with Gasteiger partial charge in [0, 0.05) is 35.1 Å². The third-order valence-corrected chi connectivity index (χ3v) is 6.76. The molecule has 0 spiro atoms. The molecule has 4 aromatic rings. The maximum absolute atomic E-state index is 11.7. The van der Waals surface area contributed by atoms with Gasteiger partial charge in [0.2, 0.25) is 5.56 Å². The summed E-state index contributed by atoms with van der Waals surface area (Å²) in [5.74, 6) is 1.78. The maximum Gasteiger partial charge on any atom is 0.248 e. The summed E-state index contributed by atoms with van der Waals surface area (Å²) in [6.07, 6.45) is 1.78. The Morgan fingerprint density at radius 1 is 1.06 bits per heavy atom. The van der Waals surface area contributed by atoms with Crippen molar-refractivity contribution in [3.8, 4) is 16.8 Å². The van der Waals surface area contributed by atoms with Gasteiger partial charge in [-0.05, 0) is 61.4 Å². The van der Waals surface area contributed by atoms with Crippen molar-refractivity contribution in [2.45, 2.75) is 17.8 Å². The number of pyridine rings is 1. The Morgan fingerprint density at radius 3 is 2.58 bits per heavy atom. The van der Waals surface area contributed by atoms with Gasteiger partial charge in [-0.25, -0.2) is 0 Å². The Balaban J connectivity index is 1.76. The molecule has 31 heavy (non-hydrogen) atoms. The molecule has 2 aromatic carbocycles. The Labute approximate surface area is 198 Å². The molecule has 0 amide bonds. The Hall–Kier alpha value is -2.65. The lowest BCUT2D eigenvalue weighted by atomic mass is 10.0. The molecule has 2 aromatic heterocycles. The van der Waals surface area contributed by atoms with Crippen LogP contribution in [-0.4, -0.2) is 26.3 Å². The number of aryl methyl sites for hydroxylation is 2. The molecule has 0 saturated carbocycles. The minimum absolute atomic E-state index is 0.101. The molecule has 0 bridgehead atoms. The molecule has 1 N–H and O–H groups in total. The van der Waals surface area contributed by atoms with Crippen molar-refractivity contribution in [3.63, 3.8) is 0 Å². The monoisotopic (exact) mass is 543 g/mol. The third kappa shape index (κ3) is 3.55. The van der Waals surface area contributed by atoms with Gasteiger partial charge in [0.25, 0.3) is 0 Å². The lowest BCUT2D eigenvalue weighted by Crippen LogP contribution is -2.20. The second-order valence-corrected chi connectivity index (χ2v) is 9.53. The second kappa shape index (κ2) is 7.80. The molecule has 1 aliphatic rings. The van der Waals surface area contributed by atoms with Crippen LogP contribution in [0, 0.1) is 13.8 Å². The number of halogens is 2. The summed E-state index contributed by atoms with van der Waals surface area (Å²) in [5, 5.41) is 9.50. The lowest BCUT2D eigenvalue weighted by Gasteiger charge is -2.27. The number of H-pyrrole nitrogens is 1. The summed E-state index contributed by atoms with van der Waals surface area (Å²) < 4.78 is 2.27. The van der Waals surface area contributed by atoms with Gasteiger partial charge in [-0.1, -0.05) is 40.3 Å². The van der Waals surface area contributed by atoms with Crippen molar-refractivity contribution in [2.24, 2.45) is 0 Å².